The summed E-state index contributed by atoms with van der Waals surface area (Å²) in [5, 5.41) is 12.0. The molecule has 4 aliphatic heterocycles. The fourth-order valence-electron chi connectivity index (χ4n) is 9.15. The summed E-state index contributed by atoms with van der Waals surface area (Å²) in [4.78, 5) is 39.9. The number of methoxy groups -OCH3 is 1. The Balaban J connectivity index is 0.993. The number of hydrogen-bond donors (Lipinski definition) is 1. The minimum Gasteiger partial charge on any atom is -0.490 e. The van der Waals surface area contributed by atoms with Crippen molar-refractivity contribution in [2.75, 3.05) is 118 Å². The van der Waals surface area contributed by atoms with Gasteiger partial charge in [-0.1, -0.05) is 35.3 Å². The van der Waals surface area contributed by atoms with Crippen molar-refractivity contribution in [2.24, 2.45) is 5.92 Å². The highest BCUT2D eigenvalue weighted by atomic mass is 35.5. The number of likely N-dealkylation sites (N-methyl/N-ethyl adjacent to an activating group) is 1. The number of aromatic nitrogens is 4. The second-order valence-corrected chi connectivity index (χ2v) is 20.3. The Morgan fingerprint density at radius 2 is 1.59 bits per heavy atom. The summed E-state index contributed by atoms with van der Waals surface area (Å²) in [6, 6.07) is 13.2. The molecule has 0 radical (unpaired) electrons. The van der Waals surface area contributed by atoms with Crippen molar-refractivity contribution in [3.05, 3.63) is 99.3 Å². The third-order valence-electron chi connectivity index (χ3n) is 13.2. The molecule has 4 bridgehead atoms. The molecule has 10 rings (SSSR count). The van der Waals surface area contributed by atoms with E-state index < -0.39 is 24.0 Å². The van der Waals surface area contributed by atoms with E-state index >= 15 is 0 Å². The molecule has 394 valence electrons. The van der Waals surface area contributed by atoms with E-state index in [2.05, 4.69) is 36.7 Å². The number of rotatable bonds is 19. The first-order valence-electron chi connectivity index (χ1n) is 24.6. The Bertz CT molecular complexity index is 2860. The minimum absolute atomic E-state index is 0.0257. The maximum atomic E-state index is 14.4. The highest BCUT2D eigenvalue weighted by Crippen LogP contribution is 2.53. The highest BCUT2D eigenvalue weighted by molar-refractivity contribution is 7.22. The first kappa shape index (κ1) is 53.3. The number of aliphatic carboxylic acids is 1. The number of carboxylic acids is 1. The summed E-state index contributed by atoms with van der Waals surface area (Å²) in [7, 11) is 3.74. The molecule has 74 heavy (non-hydrogen) atoms. The van der Waals surface area contributed by atoms with E-state index in [0.29, 0.717) is 146 Å². The molecule has 3 aromatic heterocycles. The Labute approximate surface area is 443 Å². The van der Waals surface area contributed by atoms with E-state index in [1.165, 1.54) is 29.8 Å². The van der Waals surface area contributed by atoms with Crippen LogP contribution in [-0.4, -0.2) is 166 Å². The first-order chi connectivity index (χ1) is 35.9. The largest absolute Gasteiger partial charge is 0.490 e. The smallest absolute Gasteiger partial charge is 0.345 e. The van der Waals surface area contributed by atoms with Gasteiger partial charge >= 0.3 is 5.97 Å². The standard InChI is InChI=1S/C53H60Cl2FN7O10S/c1-32-43-33(2)47(55)48(46(32)54)72-40(27-62-15-13-61(3)14-16-62)30-70-39-9-10-41(71-29-38-11-12-57-53(60-38)63-25-34(26-63)28-69-22-21-68-20-19-67-18-17-66-4)36(23-39)24-42(52(64)65)73-50-45-44(43)49(74-51(45)59-31-58-50)35-5-7-37(56)8-6-35/h5-12,23,31,34,40,42H,13-22,24-30H2,1-4H3,(H,64,65)/t40-,42-/m1/s1. The summed E-state index contributed by atoms with van der Waals surface area (Å²) in [5.74, 6) is 0.473. The number of fused-ring (bicyclic) bond motifs is 7. The van der Waals surface area contributed by atoms with Crippen molar-refractivity contribution in [3.8, 4) is 44.7 Å². The second kappa shape index (κ2) is 24.9. The molecule has 2 atom stereocenters. The van der Waals surface area contributed by atoms with Crippen LogP contribution in [0.2, 0.25) is 10.0 Å². The average Bonchev–Trinajstić information content (AvgIpc) is 3.77. The van der Waals surface area contributed by atoms with Crippen molar-refractivity contribution < 1.29 is 52.2 Å². The quantitative estimate of drug-likeness (QED) is 0.0772. The lowest BCUT2D eigenvalue weighted by molar-refractivity contribution is -0.145. The molecule has 2 fully saturated rings. The Morgan fingerprint density at radius 3 is 2.31 bits per heavy atom. The van der Waals surface area contributed by atoms with E-state index in [4.69, 9.17) is 66.1 Å². The van der Waals surface area contributed by atoms with E-state index in [-0.39, 0.29) is 25.5 Å². The lowest BCUT2D eigenvalue weighted by Crippen LogP contribution is -2.49. The van der Waals surface area contributed by atoms with Crippen LogP contribution in [0.4, 0.5) is 10.3 Å². The lowest BCUT2D eigenvalue weighted by atomic mass is 9.92. The number of thiophene rings is 1. The fraction of sp³-hybridized carbons (Fsp3) is 0.453. The number of hydrogen-bond acceptors (Lipinski definition) is 17. The number of anilines is 1. The van der Waals surface area contributed by atoms with Crippen molar-refractivity contribution in [3.63, 3.8) is 0 Å². The van der Waals surface area contributed by atoms with Crippen molar-refractivity contribution in [1.29, 1.82) is 0 Å². The van der Waals surface area contributed by atoms with Crippen LogP contribution in [0.5, 0.6) is 23.1 Å². The van der Waals surface area contributed by atoms with Gasteiger partial charge < -0.3 is 52.8 Å². The molecule has 0 amide bonds. The summed E-state index contributed by atoms with van der Waals surface area (Å²) in [6.07, 6.45) is 0.874. The average molecular weight is 1080 g/mol. The molecule has 0 unspecified atom stereocenters. The molecule has 1 N–H and O–H groups in total. The molecular weight excluding hydrogens is 1020 g/mol. The minimum atomic E-state index is -1.47. The van der Waals surface area contributed by atoms with Crippen LogP contribution in [0.25, 0.3) is 31.8 Å². The number of carboxylic acid groups (broad SMARTS) is 1. The van der Waals surface area contributed by atoms with Gasteiger partial charge in [0.15, 0.2) is 5.75 Å². The monoisotopic (exact) mass is 1080 g/mol. The summed E-state index contributed by atoms with van der Waals surface area (Å²) >= 11 is 16.0. The molecule has 4 aliphatic rings. The maximum Gasteiger partial charge on any atom is 0.345 e. The maximum absolute atomic E-state index is 14.4. The summed E-state index contributed by atoms with van der Waals surface area (Å²) in [5.41, 5.74) is 4.39. The number of halogens is 3. The van der Waals surface area contributed by atoms with Gasteiger partial charge in [-0.2, -0.15) is 0 Å². The van der Waals surface area contributed by atoms with Gasteiger partial charge in [0.1, 0.15) is 47.8 Å². The molecule has 0 aliphatic carbocycles. The first-order valence-corrected chi connectivity index (χ1v) is 26.2. The molecule has 0 saturated carbocycles. The third kappa shape index (κ3) is 12.8. The molecule has 0 spiro atoms. The molecule has 21 heteroatoms. The zero-order valence-electron chi connectivity index (χ0n) is 41.8. The Morgan fingerprint density at radius 1 is 0.878 bits per heavy atom. The molecular formula is C53H60Cl2FN7O10S. The van der Waals surface area contributed by atoms with Crippen LogP contribution in [0, 0.1) is 25.6 Å². The van der Waals surface area contributed by atoms with Gasteiger partial charge in [-0.15, -0.1) is 11.3 Å². The van der Waals surface area contributed by atoms with Gasteiger partial charge in [0.2, 0.25) is 17.9 Å². The summed E-state index contributed by atoms with van der Waals surface area (Å²) < 4.78 is 62.6. The molecule has 3 aromatic carbocycles. The van der Waals surface area contributed by atoms with Crippen LogP contribution in [0.1, 0.15) is 22.4 Å². The lowest BCUT2D eigenvalue weighted by Gasteiger charge is -2.39. The second-order valence-electron chi connectivity index (χ2n) is 18.5. The third-order valence-corrected chi connectivity index (χ3v) is 15.3. The van der Waals surface area contributed by atoms with E-state index in [1.807, 2.05) is 13.8 Å². The molecule has 17 nitrogen and oxygen atoms in total. The van der Waals surface area contributed by atoms with Gasteiger partial charge in [0.25, 0.3) is 0 Å². The topological polar surface area (TPSA) is 172 Å². The molecule has 6 aromatic rings. The van der Waals surface area contributed by atoms with Crippen LogP contribution in [0.15, 0.2) is 61.1 Å². The highest BCUT2D eigenvalue weighted by Gasteiger charge is 2.33. The van der Waals surface area contributed by atoms with Crippen molar-refractivity contribution in [2.45, 2.75) is 39.1 Å². The van der Waals surface area contributed by atoms with Crippen LogP contribution in [-0.2, 0) is 36.8 Å². The van der Waals surface area contributed by atoms with E-state index in [1.54, 1.807) is 49.7 Å². The predicted molar refractivity (Wildman–Crippen MR) is 280 cm³/mol. The van der Waals surface area contributed by atoms with Crippen molar-refractivity contribution in [1.82, 2.24) is 29.7 Å². The zero-order chi connectivity index (χ0) is 51.7. The van der Waals surface area contributed by atoms with Gasteiger partial charge in [-0.25, -0.2) is 29.1 Å². The zero-order valence-corrected chi connectivity index (χ0v) is 44.1. The van der Waals surface area contributed by atoms with Crippen LogP contribution < -0.4 is 23.8 Å². The van der Waals surface area contributed by atoms with Gasteiger partial charge in [-0.3, -0.25) is 4.90 Å². The summed E-state index contributed by atoms with van der Waals surface area (Å²) in [6.45, 7) is 13.1. The number of ether oxygens (including phenoxy) is 8. The van der Waals surface area contributed by atoms with E-state index in [0.717, 1.165) is 39.3 Å². The molecule has 2 saturated heterocycles. The van der Waals surface area contributed by atoms with Gasteiger partial charge in [0.05, 0.1) is 67.4 Å². The van der Waals surface area contributed by atoms with Crippen LogP contribution in [0.3, 0.4) is 0 Å². The number of nitrogens with zero attached hydrogens (tertiary/aromatic N) is 7. The number of carbonyl (C=O) groups is 1. The van der Waals surface area contributed by atoms with Crippen LogP contribution >= 0.6 is 34.5 Å². The SMILES string of the molecule is COCCOCCOCCOCC1CN(c2nccc(COc3ccc4cc3C[C@H](C(=O)O)Oc3ncnc5sc(-c6ccc(F)cc6)c(c35)-c3c(C)c(Cl)c(c(Cl)c3C)O[C@H](CN3CCN(C)CC3)CO4)n2)C1. The fourth-order valence-corrected chi connectivity index (χ4v) is 10.8. The molecule has 7 heterocycles. The Hall–Kier alpha value is -5.48. The van der Waals surface area contributed by atoms with Gasteiger partial charge in [-0.05, 0) is 79.5 Å². The number of piperazine rings is 1. The normalized spacial score (nSPS) is 17.6. The Kier molecular flexibility index (Phi) is 18.0. The van der Waals surface area contributed by atoms with Crippen molar-refractivity contribution >= 4 is 56.7 Å². The number of benzene rings is 3. The van der Waals surface area contributed by atoms with Gasteiger partial charge in [0, 0.05) is 87.5 Å². The van der Waals surface area contributed by atoms with E-state index in [9.17, 15) is 14.3 Å². The predicted octanol–water partition coefficient (Wildman–Crippen LogP) is 8.05.